The Kier molecular flexibility index (Phi) is 7.14. The fourth-order valence-electron chi connectivity index (χ4n) is 1.62. The lowest BCUT2D eigenvalue weighted by atomic mass is 9.95. The first kappa shape index (κ1) is 14.9. The third kappa shape index (κ3) is 8.85. The van der Waals surface area contributed by atoms with Crippen molar-refractivity contribution in [2.75, 3.05) is 14.2 Å². The number of methoxy groups -OCH3 is 2. The van der Waals surface area contributed by atoms with Crippen molar-refractivity contribution in [3.8, 4) is 0 Å². The van der Waals surface area contributed by atoms with Crippen LogP contribution in [0.4, 0.5) is 0 Å². The zero-order chi connectivity index (χ0) is 11.9. The standard InChI is InChI=1S/C12H26O3/c1-10(9-11(14-4)15-5)7-6-8-12(2,3)13/h10-11,13H,6-9H2,1-5H3/t10-/m0/s1. The maximum Gasteiger partial charge on any atom is 0.157 e. The molecule has 92 valence electrons. The van der Waals surface area contributed by atoms with Crippen LogP contribution >= 0.6 is 0 Å². The van der Waals surface area contributed by atoms with Crippen molar-refractivity contribution < 1.29 is 14.6 Å². The Bertz CT molecular complexity index is 147. The Morgan fingerprint density at radius 3 is 2.13 bits per heavy atom. The molecule has 1 atom stereocenters. The number of hydrogen-bond acceptors (Lipinski definition) is 3. The zero-order valence-electron chi connectivity index (χ0n) is 10.7. The molecule has 0 aromatic rings. The van der Waals surface area contributed by atoms with Crippen LogP contribution in [-0.2, 0) is 9.47 Å². The first-order valence-corrected chi connectivity index (χ1v) is 5.67. The van der Waals surface area contributed by atoms with E-state index in [2.05, 4.69) is 6.92 Å². The van der Waals surface area contributed by atoms with E-state index in [1.165, 1.54) is 0 Å². The number of aliphatic hydroxyl groups is 1. The van der Waals surface area contributed by atoms with Crippen molar-refractivity contribution in [1.29, 1.82) is 0 Å². The van der Waals surface area contributed by atoms with E-state index in [4.69, 9.17) is 9.47 Å². The summed E-state index contributed by atoms with van der Waals surface area (Å²) in [7, 11) is 3.33. The number of rotatable bonds is 8. The second-order valence-corrected chi connectivity index (χ2v) is 4.95. The summed E-state index contributed by atoms with van der Waals surface area (Å²) in [4.78, 5) is 0. The molecule has 0 aliphatic heterocycles. The largest absolute Gasteiger partial charge is 0.390 e. The molecule has 0 aromatic carbocycles. The van der Waals surface area contributed by atoms with E-state index in [-0.39, 0.29) is 6.29 Å². The molecule has 3 heteroatoms. The Balaban J connectivity index is 3.61. The topological polar surface area (TPSA) is 38.7 Å². The Morgan fingerprint density at radius 1 is 1.20 bits per heavy atom. The minimum absolute atomic E-state index is 0.0952. The van der Waals surface area contributed by atoms with E-state index in [0.29, 0.717) is 5.92 Å². The van der Waals surface area contributed by atoms with Gasteiger partial charge in [0.2, 0.25) is 0 Å². The normalized spacial score (nSPS) is 14.6. The van der Waals surface area contributed by atoms with E-state index in [1.807, 2.05) is 13.8 Å². The fraction of sp³-hybridized carbons (Fsp3) is 1.00. The minimum Gasteiger partial charge on any atom is -0.390 e. The summed E-state index contributed by atoms with van der Waals surface area (Å²) >= 11 is 0. The van der Waals surface area contributed by atoms with Crippen molar-refractivity contribution in [3.05, 3.63) is 0 Å². The van der Waals surface area contributed by atoms with Gasteiger partial charge in [-0.25, -0.2) is 0 Å². The molecule has 15 heavy (non-hydrogen) atoms. The molecule has 0 saturated heterocycles. The van der Waals surface area contributed by atoms with E-state index in [0.717, 1.165) is 25.7 Å². The predicted molar refractivity (Wildman–Crippen MR) is 61.7 cm³/mol. The third-order valence-electron chi connectivity index (χ3n) is 2.61. The molecule has 0 aliphatic rings. The van der Waals surface area contributed by atoms with Gasteiger partial charge in [-0.3, -0.25) is 0 Å². The van der Waals surface area contributed by atoms with Crippen molar-refractivity contribution in [1.82, 2.24) is 0 Å². The molecule has 0 unspecified atom stereocenters. The van der Waals surface area contributed by atoms with Crippen LogP contribution in [0.5, 0.6) is 0 Å². The molecule has 0 aliphatic carbocycles. The van der Waals surface area contributed by atoms with E-state index in [9.17, 15) is 5.11 Å². The highest BCUT2D eigenvalue weighted by atomic mass is 16.7. The average molecular weight is 218 g/mol. The molecule has 3 nitrogen and oxygen atoms in total. The molecular formula is C12H26O3. The van der Waals surface area contributed by atoms with Gasteiger partial charge in [0.1, 0.15) is 0 Å². The molecular weight excluding hydrogens is 192 g/mol. The lowest BCUT2D eigenvalue weighted by Gasteiger charge is -2.20. The molecule has 0 bridgehead atoms. The molecule has 0 spiro atoms. The SMILES string of the molecule is COC(C[C@@H](C)CCCC(C)(C)O)OC. The monoisotopic (exact) mass is 218 g/mol. The van der Waals surface area contributed by atoms with Crippen LogP contribution < -0.4 is 0 Å². The highest BCUT2D eigenvalue weighted by molar-refractivity contribution is 4.66. The van der Waals surface area contributed by atoms with Crippen molar-refractivity contribution in [2.45, 2.75) is 58.3 Å². The summed E-state index contributed by atoms with van der Waals surface area (Å²) in [5, 5.41) is 9.56. The van der Waals surface area contributed by atoms with Gasteiger partial charge >= 0.3 is 0 Å². The molecule has 0 radical (unpaired) electrons. The second kappa shape index (κ2) is 7.20. The molecule has 0 heterocycles. The van der Waals surface area contributed by atoms with Crippen molar-refractivity contribution in [2.24, 2.45) is 5.92 Å². The van der Waals surface area contributed by atoms with Crippen LogP contribution in [-0.4, -0.2) is 31.2 Å². The van der Waals surface area contributed by atoms with E-state index < -0.39 is 5.60 Å². The van der Waals surface area contributed by atoms with Gasteiger partial charge in [0, 0.05) is 20.6 Å². The average Bonchev–Trinajstić information content (AvgIpc) is 2.12. The summed E-state index contributed by atoms with van der Waals surface area (Å²) in [6.45, 7) is 5.89. The highest BCUT2D eigenvalue weighted by Gasteiger charge is 2.15. The van der Waals surface area contributed by atoms with Crippen LogP contribution in [0, 0.1) is 5.92 Å². The first-order chi connectivity index (χ1) is 6.89. The maximum absolute atomic E-state index is 9.56. The van der Waals surface area contributed by atoms with Gasteiger partial charge in [-0.15, -0.1) is 0 Å². The van der Waals surface area contributed by atoms with Gasteiger partial charge in [0.25, 0.3) is 0 Å². The summed E-state index contributed by atoms with van der Waals surface area (Å²) in [5.41, 5.74) is -0.540. The molecule has 0 amide bonds. The Labute approximate surface area is 93.8 Å². The van der Waals surface area contributed by atoms with Gasteiger partial charge in [0.15, 0.2) is 6.29 Å². The van der Waals surface area contributed by atoms with Crippen LogP contribution in [0.25, 0.3) is 0 Å². The fourth-order valence-corrected chi connectivity index (χ4v) is 1.62. The summed E-state index contributed by atoms with van der Waals surface area (Å²) < 4.78 is 10.3. The highest BCUT2D eigenvalue weighted by Crippen LogP contribution is 2.19. The second-order valence-electron chi connectivity index (χ2n) is 4.95. The predicted octanol–water partition coefficient (Wildman–Crippen LogP) is 2.57. The lowest BCUT2D eigenvalue weighted by Crippen LogP contribution is -2.19. The molecule has 0 saturated carbocycles. The van der Waals surface area contributed by atoms with Crippen molar-refractivity contribution >= 4 is 0 Å². The van der Waals surface area contributed by atoms with Crippen LogP contribution in [0.3, 0.4) is 0 Å². The van der Waals surface area contributed by atoms with Crippen LogP contribution in [0.15, 0.2) is 0 Å². The van der Waals surface area contributed by atoms with Crippen LogP contribution in [0.2, 0.25) is 0 Å². The maximum atomic E-state index is 9.56. The third-order valence-corrected chi connectivity index (χ3v) is 2.61. The van der Waals surface area contributed by atoms with Gasteiger partial charge in [-0.1, -0.05) is 19.8 Å². The molecule has 0 aromatic heterocycles. The number of ether oxygens (including phenoxy) is 2. The lowest BCUT2D eigenvalue weighted by molar-refractivity contribution is -0.113. The van der Waals surface area contributed by atoms with Crippen LogP contribution in [0.1, 0.15) is 46.5 Å². The molecule has 1 N–H and O–H groups in total. The summed E-state index contributed by atoms with van der Waals surface area (Å²) in [6, 6.07) is 0. The zero-order valence-corrected chi connectivity index (χ0v) is 10.7. The minimum atomic E-state index is -0.540. The van der Waals surface area contributed by atoms with E-state index >= 15 is 0 Å². The molecule has 0 fully saturated rings. The van der Waals surface area contributed by atoms with Gasteiger partial charge in [-0.2, -0.15) is 0 Å². The number of hydrogen-bond donors (Lipinski definition) is 1. The van der Waals surface area contributed by atoms with E-state index in [1.54, 1.807) is 14.2 Å². The smallest absolute Gasteiger partial charge is 0.157 e. The summed E-state index contributed by atoms with van der Waals surface area (Å²) in [5.74, 6) is 0.567. The van der Waals surface area contributed by atoms with Crippen molar-refractivity contribution in [3.63, 3.8) is 0 Å². The van der Waals surface area contributed by atoms with Gasteiger partial charge < -0.3 is 14.6 Å². The quantitative estimate of drug-likeness (QED) is 0.636. The first-order valence-electron chi connectivity index (χ1n) is 5.67. The van der Waals surface area contributed by atoms with Gasteiger partial charge in [-0.05, 0) is 26.2 Å². The Hall–Kier alpha value is -0.120. The Morgan fingerprint density at radius 2 is 1.73 bits per heavy atom. The van der Waals surface area contributed by atoms with Gasteiger partial charge in [0.05, 0.1) is 5.60 Å². The summed E-state index contributed by atoms with van der Waals surface area (Å²) in [6.07, 6.45) is 3.82. The molecule has 0 rings (SSSR count).